The molecule has 1 aliphatic carbocycles. The van der Waals surface area contributed by atoms with Gasteiger partial charge in [0.05, 0.1) is 56.0 Å². The Morgan fingerprint density at radius 3 is 2.53 bits per heavy atom. The SMILES string of the molecule is [B]C1([B])c2ncccc2C(=O)N1Cc1c(F)cc(-c2cccc3nn(C([B])([B])[B])cc23)cc1C1CC1. The van der Waals surface area contributed by atoms with Gasteiger partial charge in [-0.05, 0) is 65.0 Å². The number of carbonyl (C=O) groups is 1. The molecule has 1 fully saturated rings. The maximum Gasteiger partial charge on any atom is 0.255 e. The first-order chi connectivity index (χ1) is 17.1. The number of halogens is 1. The summed E-state index contributed by atoms with van der Waals surface area (Å²) in [6, 6.07) is 12.2. The highest BCUT2D eigenvalue weighted by Gasteiger charge is 2.43. The summed E-state index contributed by atoms with van der Waals surface area (Å²) >= 11 is 0. The Morgan fingerprint density at radius 1 is 1.08 bits per heavy atom. The van der Waals surface area contributed by atoms with Crippen LogP contribution in [0.2, 0.25) is 0 Å². The van der Waals surface area contributed by atoms with E-state index in [-0.39, 0.29) is 24.1 Å². The molecule has 2 aromatic heterocycles. The van der Waals surface area contributed by atoms with Gasteiger partial charge in [0.2, 0.25) is 0 Å². The van der Waals surface area contributed by atoms with E-state index in [1.807, 2.05) is 18.2 Å². The Balaban J connectivity index is 1.44. The third-order valence-corrected chi connectivity index (χ3v) is 6.93. The molecule has 5 nitrogen and oxygen atoms in total. The highest BCUT2D eigenvalue weighted by molar-refractivity contribution is 6.56. The van der Waals surface area contributed by atoms with Gasteiger partial charge in [-0.2, -0.15) is 5.10 Å². The lowest BCUT2D eigenvalue weighted by Crippen LogP contribution is -2.45. The molecule has 164 valence electrons. The van der Waals surface area contributed by atoms with E-state index in [2.05, 4.69) is 10.1 Å². The molecule has 2 aromatic carbocycles. The number of benzene rings is 2. The number of nitrogens with zero attached hydrogens (tertiary/aromatic N) is 4. The molecule has 1 aliphatic heterocycles. The van der Waals surface area contributed by atoms with E-state index in [9.17, 15) is 4.79 Å². The van der Waals surface area contributed by atoms with Gasteiger partial charge in [-0.3, -0.25) is 14.5 Å². The van der Waals surface area contributed by atoms with Gasteiger partial charge in [0.15, 0.2) is 0 Å². The van der Waals surface area contributed by atoms with E-state index in [0.29, 0.717) is 22.2 Å². The predicted octanol–water partition coefficient (Wildman–Crippen LogP) is 2.29. The summed E-state index contributed by atoms with van der Waals surface area (Å²) in [5, 5.41) is 1.78. The van der Waals surface area contributed by atoms with Crippen LogP contribution in [0.5, 0.6) is 0 Å². The van der Waals surface area contributed by atoms with Crippen molar-refractivity contribution in [2.24, 2.45) is 0 Å². The van der Waals surface area contributed by atoms with Crippen molar-refractivity contribution in [3.8, 4) is 11.1 Å². The smallest absolute Gasteiger partial charge is 0.255 e. The van der Waals surface area contributed by atoms with Crippen molar-refractivity contribution in [1.82, 2.24) is 19.7 Å². The Hall–Kier alpha value is -3.22. The molecular weight excluding hydrogens is 445 g/mol. The number of fused-ring (bicyclic) bond motifs is 2. The molecule has 0 N–H and O–H groups in total. The lowest BCUT2D eigenvalue weighted by molar-refractivity contribution is 0.0729. The van der Waals surface area contributed by atoms with Crippen molar-refractivity contribution < 1.29 is 9.18 Å². The molecule has 0 saturated heterocycles. The summed E-state index contributed by atoms with van der Waals surface area (Å²) in [5.74, 6) is -0.638. The number of hydrogen-bond acceptors (Lipinski definition) is 3. The van der Waals surface area contributed by atoms with Crippen LogP contribution < -0.4 is 0 Å². The maximum absolute atomic E-state index is 15.8. The van der Waals surface area contributed by atoms with Crippen LogP contribution in [0.25, 0.3) is 22.0 Å². The molecule has 3 heterocycles. The first-order valence-corrected chi connectivity index (χ1v) is 11.6. The molecule has 4 aromatic rings. The molecule has 1 amide bonds. The number of pyridine rings is 1. The molecule has 2 aliphatic rings. The van der Waals surface area contributed by atoms with Gasteiger partial charge in [0, 0.05) is 35.2 Å². The van der Waals surface area contributed by atoms with Crippen molar-refractivity contribution in [3.05, 3.63) is 83.1 Å². The minimum Gasteiger partial charge on any atom is -0.340 e. The van der Waals surface area contributed by atoms with E-state index in [1.54, 1.807) is 24.4 Å². The average molecular weight is 461 g/mol. The number of rotatable bonds is 5. The van der Waals surface area contributed by atoms with Crippen molar-refractivity contribution in [2.75, 3.05) is 0 Å². The molecule has 1 saturated carbocycles. The molecule has 0 bridgehead atoms. The van der Waals surface area contributed by atoms with E-state index >= 15 is 4.39 Å². The van der Waals surface area contributed by atoms with Gasteiger partial charge < -0.3 is 4.90 Å². The summed E-state index contributed by atoms with van der Waals surface area (Å²) in [7, 11) is 30.1. The number of aromatic nitrogens is 3. The van der Waals surface area contributed by atoms with Crippen LogP contribution in [0.1, 0.15) is 45.9 Å². The van der Waals surface area contributed by atoms with Gasteiger partial charge >= 0.3 is 0 Å². The number of amides is 1. The largest absolute Gasteiger partial charge is 0.340 e. The Kier molecular flexibility index (Phi) is 5.09. The van der Waals surface area contributed by atoms with E-state index in [0.717, 1.165) is 29.4 Å². The molecule has 36 heavy (non-hydrogen) atoms. The zero-order valence-electron chi connectivity index (χ0n) is 19.4. The van der Waals surface area contributed by atoms with E-state index < -0.39 is 16.4 Å². The van der Waals surface area contributed by atoms with Crippen molar-refractivity contribution >= 4 is 56.0 Å². The van der Waals surface area contributed by atoms with Crippen LogP contribution >= 0.6 is 0 Å². The van der Waals surface area contributed by atoms with Crippen LogP contribution in [-0.4, -0.2) is 64.8 Å². The molecule has 0 unspecified atom stereocenters. The van der Waals surface area contributed by atoms with Crippen molar-refractivity contribution in [3.63, 3.8) is 0 Å². The summed E-state index contributed by atoms with van der Waals surface area (Å²) in [4.78, 5) is 18.6. The second-order valence-electron chi connectivity index (χ2n) is 9.62. The van der Waals surface area contributed by atoms with Gasteiger partial charge in [-0.1, -0.05) is 18.2 Å². The summed E-state index contributed by atoms with van der Waals surface area (Å²) in [6.45, 7) is -0.0711. The van der Waals surface area contributed by atoms with E-state index in [4.69, 9.17) is 39.2 Å². The third-order valence-electron chi connectivity index (χ3n) is 6.93. The molecule has 10 radical (unpaired) electrons. The second kappa shape index (κ2) is 7.89. The fourth-order valence-corrected chi connectivity index (χ4v) is 4.93. The molecular formula is C25H16B5FN4O. The Morgan fingerprint density at radius 2 is 1.83 bits per heavy atom. The standard InChI is InChI=1S/C25H16B5FN4O/c26-24(27)22-16(4-2-8-32-22)23(36)34(24)11-18-17(13-6-7-13)9-14(10-20(18)31)15-3-1-5-21-19(15)12-35(33-21)25(28,29)30/h1-5,8-10,12-13H,6-7,11H2. The summed E-state index contributed by atoms with van der Waals surface area (Å²) < 4.78 is 17.1. The van der Waals surface area contributed by atoms with Crippen LogP contribution in [-0.2, 0) is 17.1 Å². The molecule has 11 heteroatoms. The second-order valence-corrected chi connectivity index (χ2v) is 9.62. The topological polar surface area (TPSA) is 51.0 Å². The fraction of sp³-hybridized carbons (Fsp3) is 0.240. The predicted molar refractivity (Wildman–Crippen MR) is 140 cm³/mol. The number of hydrogen-bond donors (Lipinski definition) is 0. The zero-order chi connectivity index (χ0) is 25.4. The van der Waals surface area contributed by atoms with E-state index in [1.165, 1.54) is 21.8 Å². The Labute approximate surface area is 214 Å². The maximum atomic E-state index is 15.8. The highest BCUT2D eigenvalue weighted by Crippen LogP contribution is 2.45. The van der Waals surface area contributed by atoms with Gasteiger partial charge in [-0.15, -0.1) is 0 Å². The van der Waals surface area contributed by atoms with Crippen LogP contribution in [0.15, 0.2) is 54.9 Å². The monoisotopic (exact) mass is 462 g/mol. The lowest BCUT2D eigenvalue weighted by Gasteiger charge is -2.34. The summed E-state index contributed by atoms with van der Waals surface area (Å²) in [5.41, 5.74) is 3.88. The fourth-order valence-electron chi connectivity index (χ4n) is 4.93. The molecule has 0 spiro atoms. The zero-order valence-corrected chi connectivity index (χ0v) is 19.4. The van der Waals surface area contributed by atoms with Gasteiger partial charge in [0.25, 0.3) is 5.91 Å². The first-order valence-electron chi connectivity index (χ1n) is 11.6. The first kappa shape index (κ1) is 23.2. The molecule has 0 atom stereocenters. The van der Waals surface area contributed by atoms with Crippen LogP contribution in [0.4, 0.5) is 4.39 Å². The average Bonchev–Trinajstić information content (AvgIpc) is 3.54. The minimum atomic E-state index is -1.67. The van der Waals surface area contributed by atoms with Crippen molar-refractivity contribution in [2.45, 2.75) is 35.9 Å². The normalized spacial score (nSPS) is 17.0. The van der Waals surface area contributed by atoms with Crippen molar-refractivity contribution in [1.29, 1.82) is 0 Å². The molecule has 6 rings (SSSR count). The van der Waals surface area contributed by atoms with Gasteiger partial charge in [-0.25, -0.2) is 4.39 Å². The minimum absolute atomic E-state index is 0.0711. The third kappa shape index (κ3) is 3.63. The van der Waals surface area contributed by atoms with Gasteiger partial charge in [0.1, 0.15) is 5.82 Å². The lowest BCUT2D eigenvalue weighted by atomic mass is 9.49. The highest BCUT2D eigenvalue weighted by atomic mass is 19.1. The Bertz CT molecular complexity index is 1540. The quantitative estimate of drug-likeness (QED) is 0.429. The number of carbonyl (C=O) groups excluding carboxylic acids is 1. The van der Waals surface area contributed by atoms with Crippen LogP contribution in [0, 0.1) is 5.82 Å². The summed E-state index contributed by atoms with van der Waals surface area (Å²) in [6.07, 6.45) is 5.04. The van der Waals surface area contributed by atoms with Crippen LogP contribution in [0.3, 0.4) is 0 Å².